The molecule has 0 fully saturated rings. The summed E-state index contributed by atoms with van der Waals surface area (Å²) in [6, 6.07) is 22.0. The molecule has 9 heteroatoms. The zero-order valence-corrected chi connectivity index (χ0v) is 20.6. The van der Waals surface area contributed by atoms with Gasteiger partial charge < -0.3 is 30.2 Å². The molecule has 0 radical (unpaired) electrons. The molecule has 0 aliphatic carbocycles. The van der Waals surface area contributed by atoms with Crippen LogP contribution in [0.3, 0.4) is 0 Å². The lowest BCUT2D eigenvalue weighted by Crippen LogP contribution is -2.48. The van der Waals surface area contributed by atoms with E-state index in [4.69, 9.17) is 9.15 Å². The van der Waals surface area contributed by atoms with E-state index in [1.807, 2.05) is 0 Å². The van der Waals surface area contributed by atoms with Crippen LogP contribution in [0.1, 0.15) is 32.0 Å². The first-order valence-corrected chi connectivity index (χ1v) is 11.9. The van der Waals surface area contributed by atoms with E-state index in [1.165, 1.54) is 25.5 Å². The van der Waals surface area contributed by atoms with Gasteiger partial charge in [-0.2, -0.15) is 0 Å². The van der Waals surface area contributed by atoms with Crippen molar-refractivity contribution >= 4 is 23.4 Å². The number of furan rings is 1. The lowest BCUT2D eigenvalue weighted by Gasteiger charge is -2.20. The Morgan fingerprint density at radius 1 is 0.895 bits per heavy atom. The molecule has 1 unspecified atom stereocenters. The molecule has 4 aromatic rings. The number of rotatable bonds is 10. The van der Waals surface area contributed by atoms with Crippen molar-refractivity contribution in [3.8, 4) is 11.5 Å². The van der Waals surface area contributed by atoms with Crippen LogP contribution < -0.4 is 20.7 Å². The summed E-state index contributed by atoms with van der Waals surface area (Å²) >= 11 is 0. The van der Waals surface area contributed by atoms with Crippen LogP contribution in [-0.2, 0) is 17.8 Å². The second-order valence-electron chi connectivity index (χ2n) is 8.42. The van der Waals surface area contributed by atoms with Gasteiger partial charge in [-0.1, -0.05) is 24.3 Å². The van der Waals surface area contributed by atoms with Crippen molar-refractivity contribution in [3.63, 3.8) is 0 Å². The van der Waals surface area contributed by atoms with Gasteiger partial charge in [0.2, 0.25) is 5.91 Å². The van der Waals surface area contributed by atoms with Crippen molar-refractivity contribution in [2.45, 2.75) is 19.0 Å². The minimum absolute atomic E-state index is 0.0955. The molecule has 4 N–H and O–H groups in total. The lowest BCUT2D eigenvalue weighted by molar-refractivity contribution is -0.123. The normalized spacial score (nSPS) is 11.3. The van der Waals surface area contributed by atoms with Crippen LogP contribution in [0.15, 0.2) is 95.6 Å². The van der Waals surface area contributed by atoms with Gasteiger partial charge in [-0.15, -0.1) is 0 Å². The summed E-state index contributed by atoms with van der Waals surface area (Å²) in [7, 11) is 1.54. The summed E-state index contributed by atoms with van der Waals surface area (Å²) in [5.74, 6) is -0.0658. The van der Waals surface area contributed by atoms with E-state index in [0.29, 0.717) is 22.8 Å². The minimum Gasteiger partial charge on any atom is -0.508 e. The first kappa shape index (κ1) is 26.0. The monoisotopic (exact) mass is 513 g/mol. The Labute approximate surface area is 219 Å². The maximum absolute atomic E-state index is 13.3. The van der Waals surface area contributed by atoms with Crippen molar-refractivity contribution < 1.29 is 28.6 Å². The van der Waals surface area contributed by atoms with E-state index in [2.05, 4.69) is 16.0 Å². The first-order valence-electron chi connectivity index (χ1n) is 11.9. The van der Waals surface area contributed by atoms with Crippen LogP contribution in [0.25, 0.3) is 0 Å². The molecule has 0 spiro atoms. The van der Waals surface area contributed by atoms with E-state index >= 15 is 0 Å². The maximum Gasteiger partial charge on any atom is 0.255 e. The smallest absolute Gasteiger partial charge is 0.255 e. The molecular weight excluding hydrogens is 486 g/mol. The highest BCUT2D eigenvalue weighted by molar-refractivity contribution is 6.09. The molecule has 1 aromatic heterocycles. The van der Waals surface area contributed by atoms with Crippen LogP contribution in [-0.4, -0.2) is 36.0 Å². The number of hydrogen-bond acceptors (Lipinski definition) is 6. The van der Waals surface area contributed by atoms with Crippen LogP contribution in [0, 0.1) is 0 Å². The average molecular weight is 514 g/mol. The Hall–Kier alpha value is -5.05. The highest BCUT2D eigenvalue weighted by atomic mass is 16.5. The van der Waals surface area contributed by atoms with Crippen LogP contribution in [0.4, 0.5) is 5.69 Å². The van der Waals surface area contributed by atoms with Crippen LogP contribution in [0.2, 0.25) is 0 Å². The summed E-state index contributed by atoms with van der Waals surface area (Å²) in [5, 5.41) is 17.9. The van der Waals surface area contributed by atoms with Crippen molar-refractivity contribution in [1.82, 2.24) is 10.6 Å². The second-order valence-corrected chi connectivity index (χ2v) is 8.42. The fraction of sp³-hybridized carbons (Fsp3) is 0.138. The number of methoxy groups -OCH3 is 1. The molecule has 1 heterocycles. The number of carbonyl (C=O) groups is 3. The standard InChI is InChI=1S/C29H27N3O6/c1-37-22-14-10-20(11-15-22)27(34)31-25-7-3-2-6-24(25)28(35)32-26(17-19-8-12-21(33)13-9-19)29(36)30-18-23-5-4-16-38-23/h2-16,26,33H,17-18H2,1H3,(H,30,36)(H,31,34)(H,32,35). The molecule has 9 nitrogen and oxygen atoms in total. The van der Waals surface area contributed by atoms with Crippen molar-refractivity contribution in [2.75, 3.05) is 12.4 Å². The van der Waals surface area contributed by atoms with Gasteiger partial charge in [0.05, 0.1) is 31.2 Å². The number of carbonyl (C=O) groups excluding carboxylic acids is 3. The molecule has 3 aromatic carbocycles. The third kappa shape index (κ3) is 6.79. The summed E-state index contributed by atoms with van der Waals surface area (Å²) < 4.78 is 10.4. The number of amides is 3. The van der Waals surface area contributed by atoms with Gasteiger partial charge in [0.15, 0.2) is 0 Å². The predicted molar refractivity (Wildman–Crippen MR) is 141 cm³/mol. The van der Waals surface area contributed by atoms with E-state index in [1.54, 1.807) is 72.8 Å². The molecule has 194 valence electrons. The maximum atomic E-state index is 13.3. The number of anilines is 1. The van der Waals surface area contributed by atoms with Gasteiger partial charge in [-0.05, 0) is 66.2 Å². The zero-order chi connectivity index (χ0) is 26.9. The first-order chi connectivity index (χ1) is 18.4. The Morgan fingerprint density at radius 3 is 2.32 bits per heavy atom. The Morgan fingerprint density at radius 2 is 1.63 bits per heavy atom. The van der Waals surface area contributed by atoms with Gasteiger partial charge in [0.25, 0.3) is 11.8 Å². The third-order valence-electron chi connectivity index (χ3n) is 5.79. The van der Waals surface area contributed by atoms with E-state index in [9.17, 15) is 19.5 Å². The number of phenols is 1. The summed E-state index contributed by atoms with van der Waals surface area (Å²) in [4.78, 5) is 39.2. The largest absolute Gasteiger partial charge is 0.508 e. The second kappa shape index (κ2) is 12.3. The predicted octanol–water partition coefficient (Wildman–Crippen LogP) is 3.90. The molecule has 3 amide bonds. The van der Waals surface area contributed by atoms with Gasteiger partial charge in [-0.3, -0.25) is 14.4 Å². The topological polar surface area (TPSA) is 130 Å². The number of hydrogen-bond donors (Lipinski definition) is 4. The highest BCUT2D eigenvalue weighted by Gasteiger charge is 2.24. The zero-order valence-electron chi connectivity index (χ0n) is 20.6. The van der Waals surface area contributed by atoms with Gasteiger partial charge in [0, 0.05) is 12.0 Å². The summed E-state index contributed by atoms with van der Waals surface area (Å²) in [6.45, 7) is 0.155. The summed E-state index contributed by atoms with van der Waals surface area (Å²) in [6.07, 6.45) is 1.69. The fourth-order valence-electron chi connectivity index (χ4n) is 3.75. The molecule has 4 rings (SSSR count). The fourth-order valence-corrected chi connectivity index (χ4v) is 3.75. The minimum atomic E-state index is -0.938. The van der Waals surface area contributed by atoms with Crippen molar-refractivity contribution in [2.24, 2.45) is 0 Å². The van der Waals surface area contributed by atoms with E-state index in [-0.39, 0.29) is 24.3 Å². The molecule has 0 aliphatic heterocycles. The molecule has 38 heavy (non-hydrogen) atoms. The van der Waals surface area contributed by atoms with Crippen LogP contribution in [0.5, 0.6) is 11.5 Å². The molecule has 0 saturated heterocycles. The van der Waals surface area contributed by atoms with Crippen LogP contribution >= 0.6 is 0 Å². The van der Waals surface area contributed by atoms with Crippen molar-refractivity contribution in [1.29, 1.82) is 0 Å². The Kier molecular flexibility index (Phi) is 8.40. The lowest BCUT2D eigenvalue weighted by atomic mass is 10.0. The third-order valence-corrected chi connectivity index (χ3v) is 5.79. The van der Waals surface area contributed by atoms with Gasteiger partial charge in [0.1, 0.15) is 23.3 Å². The van der Waals surface area contributed by atoms with E-state index in [0.717, 1.165) is 5.56 Å². The van der Waals surface area contributed by atoms with Gasteiger partial charge in [-0.25, -0.2) is 0 Å². The Balaban J connectivity index is 1.51. The quantitative estimate of drug-likeness (QED) is 0.255. The molecule has 1 atom stereocenters. The number of para-hydroxylation sites is 1. The SMILES string of the molecule is COc1ccc(C(=O)Nc2ccccc2C(=O)NC(Cc2ccc(O)cc2)C(=O)NCc2ccco2)cc1. The molecule has 0 aliphatic rings. The average Bonchev–Trinajstić information content (AvgIpc) is 3.46. The van der Waals surface area contributed by atoms with Gasteiger partial charge >= 0.3 is 0 Å². The number of aromatic hydroxyl groups is 1. The molecular formula is C29H27N3O6. The molecule has 0 saturated carbocycles. The number of nitrogens with one attached hydrogen (secondary N) is 3. The number of ether oxygens (including phenoxy) is 1. The van der Waals surface area contributed by atoms with Crippen molar-refractivity contribution in [3.05, 3.63) is 114 Å². The number of phenolic OH excluding ortho intramolecular Hbond substituents is 1. The number of benzene rings is 3. The van der Waals surface area contributed by atoms with E-state index < -0.39 is 23.8 Å². The molecule has 0 bridgehead atoms. The Bertz CT molecular complexity index is 1380. The summed E-state index contributed by atoms with van der Waals surface area (Å²) in [5.41, 5.74) is 1.62. The highest BCUT2D eigenvalue weighted by Crippen LogP contribution is 2.19.